The van der Waals surface area contributed by atoms with Gasteiger partial charge in [-0.05, 0) is 37.1 Å². The topological polar surface area (TPSA) is 139 Å². The lowest BCUT2D eigenvalue weighted by Gasteiger charge is -2.23. The Morgan fingerprint density at radius 3 is 1.93 bits per heavy atom. The van der Waals surface area contributed by atoms with Gasteiger partial charge in [-0.3, -0.25) is 19.2 Å². The lowest BCUT2D eigenvalue weighted by molar-refractivity contribution is -0.193. The fourth-order valence-corrected chi connectivity index (χ4v) is 4.46. The number of fused-ring (bicyclic) bond motifs is 2. The van der Waals surface area contributed by atoms with Crippen LogP contribution in [0.4, 0.5) is 26.3 Å². The Morgan fingerprint density at radius 1 is 0.854 bits per heavy atom. The fraction of sp³-hybridized carbons (Fsp3) is 0.360. The molecule has 1 atom stereocenters. The molecule has 1 saturated heterocycles. The highest BCUT2D eigenvalue weighted by molar-refractivity contribution is 5.73. The van der Waals surface area contributed by atoms with E-state index < -0.39 is 24.3 Å². The number of likely N-dealkylation sites (tertiary alicyclic amines) is 1. The van der Waals surface area contributed by atoms with Gasteiger partial charge in [0.05, 0.1) is 0 Å². The van der Waals surface area contributed by atoms with E-state index in [1.807, 2.05) is 47.3 Å². The summed E-state index contributed by atoms with van der Waals surface area (Å²) in [5.74, 6) is -4.65. The summed E-state index contributed by atoms with van der Waals surface area (Å²) < 4.78 is 65.3. The van der Waals surface area contributed by atoms with Crippen molar-refractivity contribution in [3.8, 4) is 11.3 Å². The smallest absolute Gasteiger partial charge is 0.475 e. The zero-order chi connectivity index (χ0) is 30.4. The highest BCUT2D eigenvalue weighted by atomic mass is 19.4. The molecule has 41 heavy (non-hydrogen) atoms. The molecule has 0 bridgehead atoms. The number of hydrogen-bond donors (Lipinski definition) is 2. The van der Waals surface area contributed by atoms with Crippen LogP contribution in [0.5, 0.6) is 0 Å². The van der Waals surface area contributed by atoms with E-state index >= 15 is 0 Å². The Bertz CT molecular complexity index is 1390. The molecule has 2 aliphatic heterocycles. The molecule has 1 unspecified atom stereocenters. The first-order valence-electron chi connectivity index (χ1n) is 11.9. The first-order valence-corrected chi connectivity index (χ1v) is 11.9. The zero-order valence-electron chi connectivity index (χ0n) is 21.1. The van der Waals surface area contributed by atoms with Crippen molar-refractivity contribution in [2.45, 2.75) is 43.7 Å². The number of pyridine rings is 1. The van der Waals surface area contributed by atoms with Crippen LogP contribution in [0.25, 0.3) is 11.3 Å². The Balaban J connectivity index is 0.000000276. The van der Waals surface area contributed by atoms with E-state index in [1.54, 1.807) is 0 Å². The van der Waals surface area contributed by atoms with Crippen LogP contribution in [-0.4, -0.2) is 72.2 Å². The van der Waals surface area contributed by atoms with Crippen molar-refractivity contribution in [2.24, 2.45) is 0 Å². The van der Waals surface area contributed by atoms with Crippen molar-refractivity contribution in [1.29, 1.82) is 0 Å². The highest BCUT2D eigenvalue weighted by Gasteiger charge is 2.47. The molecule has 0 aliphatic carbocycles. The van der Waals surface area contributed by atoms with Gasteiger partial charge in [-0.15, -0.1) is 10.2 Å². The summed E-state index contributed by atoms with van der Waals surface area (Å²) in [5, 5.41) is 23.1. The summed E-state index contributed by atoms with van der Waals surface area (Å²) in [5.41, 5.74) is 2.48. The average Bonchev–Trinajstić information content (AvgIpc) is 3.49. The molecule has 3 aromatic rings. The van der Waals surface area contributed by atoms with Crippen LogP contribution in [0.2, 0.25) is 0 Å². The van der Waals surface area contributed by atoms with Gasteiger partial charge in [-0.1, -0.05) is 30.3 Å². The van der Waals surface area contributed by atoms with Gasteiger partial charge >= 0.3 is 24.3 Å². The van der Waals surface area contributed by atoms with Gasteiger partial charge in [-0.2, -0.15) is 26.3 Å². The number of alkyl halides is 6. The predicted molar refractivity (Wildman–Crippen MR) is 130 cm³/mol. The van der Waals surface area contributed by atoms with Crippen molar-refractivity contribution < 1.29 is 46.1 Å². The number of nitrogens with zero attached hydrogens (tertiary/aromatic N) is 5. The van der Waals surface area contributed by atoms with E-state index in [1.165, 1.54) is 5.56 Å². The molecule has 2 N–H and O–H groups in total. The van der Waals surface area contributed by atoms with Crippen LogP contribution in [0.15, 0.2) is 59.7 Å². The minimum Gasteiger partial charge on any atom is -0.475 e. The molecule has 0 saturated carbocycles. The number of aliphatic carboxylic acids is 2. The van der Waals surface area contributed by atoms with Gasteiger partial charge in [0, 0.05) is 43.0 Å². The van der Waals surface area contributed by atoms with Gasteiger partial charge in [0.15, 0.2) is 5.69 Å². The molecular formula is C25H23F6N5O5. The quantitative estimate of drug-likeness (QED) is 0.441. The van der Waals surface area contributed by atoms with Crippen molar-refractivity contribution in [3.05, 3.63) is 76.6 Å². The van der Waals surface area contributed by atoms with E-state index in [2.05, 4.69) is 32.2 Å². The molecular weight excluding hydrogens is 564 g/mol. The van der Waals surface area contributed by atoms with Crippen LogP contribution in [0.1, 0.15) is 24.2 Å². The standard InChI is InChI=1S/C21H21N5O.2C2HF3O2/c27-19-18(17-4-2-1-3-5-17)23-24-20-21(9-13-26(19)20)8-12-25(15-21)14-16-6-10-22-11-7-16;2*3-2(4,5)1(6)7/h1-7,10-11H,8-9,12-15H2;2*(H,6,7). The molecule has 0 radical (unpaired) electrons. The number of hydrogen-bond acceptors (Lipinski definition) is 7. The van der Waals surface area contributed by atoms with E-state index in [-0.39, 0.29) is 11.0 Å². The number of carbonyl (C=O) groups is 2. The fourth-order valence-electron chi connectivity index (χ4n) is 4.46. The Hall–Kier alpha value is -4.34. The summed E-state index contributed by atoms with van der Waals surface area (Å²) >= 11 is 0. The number of aromatic nitrogens is 4. The molecule has 10 nitrogen and oxygen atoms in total. The largest absolute Gasteiger partial charge is 0.490 e. The average molecular weight is 587 g/mol. The Morgan fingerprint density at radius 2 is 1.39 bits per heavy atom. The first-order chi connectivity index (χ1) is 19.1. The van der Waals surface area contributed by atoms with Gasteiger partial charge in [0.1, 0.15) is 5.82 Å². The monoisotopic (exact) mass is 587 g/mol. The third-order valence-corrected chi connectivity index (χ3v) is 6.36. The van der Waals surface area contributed by atoms with E-state index in [0.717, 1.165) is 50.4 Å². The van der Waals surface area contributed by atoms with Gasteiger partial charge in [0.25, 0.3) is 5.56 Å². The van der Waals surface area contributed by atoms with E-state index in [9.17, 15) is 31.1 Å². The number of rotatable bonds is 3. The third kappa shape index (κ3) is 7.87. The van der Waals surface area contributed by atoms with Crippen molar-refractivity contribution in [2.75, 3.05) is 13.1 Å². The molecule has 1 aromatic carbocycles. The second kappa shape index (κ2) is 12.4. The molecule has 2 aliphatic rings. The third-order valence-electron chi connectivity index (χ3n) is 6.36. The second-order valence-corrected chi connectivity index (χ2v) is 9.15. The number of halogens is 6. The zero-order valence-corrected chi connectivity index (χ0v) is 21.1. The molecule has 5 rings (SSSR count). The summed E-state index contributed by atoms with van der Waals surface area (Å²) in [6, 6.07) is 13.7. The maximum Gasteiger partial charge on any atom is 0.490 e. The van der Waals surface area contributed by atoms with Gasteiger partial charge in [0.2, 0.25) is 0 Å². The summed E-state index contributed by atoms with van der Waals surface area (Å²) in [6.45, 7) is 3.57. The lowest BCUT2D eigenvalue weighted by atomic mass is 9.85. The number of carboxylic acid groups (broad SMARTS) is 2. The molecule has 220 valence electrons. The molecule has 1 fully saturated rings. The summed E-state index contributed by atoms with van der Waals surface area (Å²) in [7, 11) is 0. The lowest BCUT2D eigenvalue weighted by Crippen LogP contribution is -2.33. The molecule has 0 amide bonds. The maximum absolute atomic E-state index is 13.0. The minimum atomic E-state index is -5.08. The predicted octanol–water partition coefficient (Wildman–Crippen LogP) is 3.51. The summed E-state index contributed by atoms with van der Waals surface area (Å²) in [6.07, 6.45) is -4.51. The molecule has 16 heteroatoms. The summed E-state index contributed by atoms with van der Waals surface area (Å²) in [4.78, 5) is 37.3. The van der Waals surface area contributed by atoms with Crippen molar-refractivity contribution >= 4 is 11.9 Å². The van der Waals surface area contributed by atoms with E-state index in [0.29, 0.717) is 5.69 Å². The van der Waals surface area contributed by atoms with E-state index in [4.69, 9.17) is 19.8 Å². The maximum atomic E-state index is 13.0. The number of benzene rings is 1. The molecule has 2 aromatic heterocycles. The van der Waals surface area contributed by atoms with Crippen LogP contribution in [0, 0.1) is 0 Å². The molecule has 4 heterocycles. The van der Waals surface area contributed by atoms with Crippen LogP contribution < -0.4 is 5.56 Å². The second-order valence-electron chi connectivity index (χ2n) is 9.15. The first kappa shape index (κ1) is 31.2. The molecule has 1 spiro atoms. The van der Waals surface area contributed by atoms with Crippen LogP contribution in [-0.2, 0) is 28.1 Å². The normalized spacial score (nSPS) is 18.1. The Kier molecular flexibility index (Phi) is 9.47. The van der Waals surface area contributed by atoms with Gasteiger partial charge in [-0.25, -0.2) is 9.59 Å². The highest BCUT2D eigenvalue weighted by Crippen LogP contribution is 2.41. The van der Waals surface area contributed by atoms with Gasteiger partial charge < -0.3 is 10.2 Å². The number of carboxylic acids is 2. The minimum absolute atomic E-state index is 0.0179. The van der Waals surface area contributed by atoms with Crippen molar-refractivity contribution in [1.82, 2.24) is 24.6 Å². The van der Waals surface area contributed by atoms with Crippen molar-refractivity contribution in [3.63, 3.8) is 0 Å². The SMILES string of the molecule is O=C(O)C(F)(F)F.O=C(O)C(F)(F)F.O=c1c(-c2ccccc2)nnc2n1CCC21CCN(Cc2ccncc2)C1. The van der Waals surface area contributed by atoms with Crippen LogP contribution in [0.3, 0.4) is 0 Å². The van der Waals surface area contributed by atoms with Crippen LogP contribution >= 0.6 is 0 Å². The Labute approximate surface area is 227 Å².